The maximum absolute atomic E-state index is 12.9. The molecule has 1 aliphatic rings. The smallest absolute Gasteiger partial charge is 0.325 e. The fourth-order valence-corrected chi connectivity index (χ4v) is 2.20. The highest BCUT2D eigenvalue weighted by molar-refractivity contribution is 5.80. The average Bonchev–Trinajstić information content (AvgIpc) is 2.54. The van der Waals surface area contributed by atoms with E-state index < -0.39 is 24.2 Å². The second kappa shape index (κ2) is 4.61. The van der Waals surface area contributed by atoms with Gasteiger partial charge >= 0.3 is 6.18 Å². The summed E-state index contributed by atoms with van der Waals surface area (Å²) in [5.74, 6) is -0.548. The topological polar surface area (TPSA) is 46.3 Å². The summed E-state index contributed by atoms with van der Waals surface area (Å²) in [6.45, 7) is -0.0580. The van der Waals surface area contributed by atoms with Crippen LogP contribution in [0.4, 0.5) is 13.2 Å². The summed E-state index contributed by atoms with van der Waals surface area (Å²) in [6.07, 6.45) is -4.74. The molecule has 1 saturated heterocycles. The predicted molar refractivity (Wildman–Crippen MR) is 59.4 cm³/mol. The predicted octanol–water partition coefficient (Wildman–Crippen LogP) is 1.68. The summed E-state index contributed by atoms with van der Waals surface area (Å²) in [5.41, 5.74) is 6.08. The van der Waals surface area contributed by atoms with E-state index in [0.29, 0.717) is 5.56 Å². The number of hydrogen-bond donors (Lipinski definition) is 1. The number of hydrogen-bond acceptors (Lipinski definition) is 2. The third kappa shape index (κ3) is 2.48. The van der Waals surface area contributed by atoms with Crippen LogP contribution < -0.4 is 5.73 Å². The van der Waals surface area contributed by atoms with E-state index in [1.165, 1.54) is 0 Å². The van der Waals surface area contributed by atoms with Crippen molar-refractivity contribution in [3.05, 3.63) is 35.9 Å². The van der Waals surface area contributed by atoms with E-state index in [1.54, 1.807) is 30.3 Å². The molecule has 0 saturated carbocycles. The highest BCUT2D eigenvalue weighted by Gasteiger charge is 2.53. The summed E-state index contributed by atoms with van der Waals surface area (Å²) >= 11 is 0. The summed E-state index contributed by atoms with van der Waals surface area (Å²) in [4.78, 5) is 12.4. The molecule has 0 aliphatic carbocycles. The van der Waals surface area contributed by atoms with Gasteiger partial charge in [-0.25, -0.2) is 0 Å². The lowest BCUT2D eigenvalue weighted by Crippen LogP contribution is -2.50. The van der Waals surface area contributed by atoms with Gasteiger partial charge in [-0.15, -0.1) is 0 Å². The van der Waals surface area contributed by atoms with E-state index in [9.17, 15) is 18.0 Å². The lowest BCUT2D eigenvalue weighted by atomic mass is 10.1. The van der Waals surface area contributed by atoms with Crippen molar-refractivity contribution >= 4 is 5.91 Å². The molecule has 1 fully saturated rings. The molecule has 1 aromatic rings. The van der Waals surface area contributed by atoms with Gasteiger partial charge in [-0.2, -0.15) is 13.2 Å². The van der Waals surface area contributed by atoms with Gasteiger partial charge in [-0.1, -0.05) is 30.3 Å². The van der Waals surface area contributed by atoms with Crippen molar-refractivity contribution in [1.29, 1.82) is 0 Å². The van der Waals surface area contributed by atoms with Crippen LogP contribution in [0.1, 0.15) is 12.0 Å². The number of amides is 1. The second-order valence-corrected chi connectivity index (χ2v) is 4.36. The van der Waals surface area contributed by atoms with Crippen molar-refractivity contribution in [3.8, 4) is 0 Å². The van der Waals surface area contributed by atoms with Crippen molar-refractivity contribution in [3.63, 3.8) is 0 Å². The molecule has 0 radical (unpaired) electrons. The molecule has 2 atom stereocenters. The Hall–Kier alpha value is -1.56. The number of halogens is 3. The molecular formula is C12H13F3N2O. The normalized spacial score (nSPS) is 24.7. The van der Waals surface area contributed by atoms with E-state index in [2.05, 4.69) is 0 Å². The lowest BCUT2D eigenvalue weighted by molar-refractivity contribution is -0.184. The second-order valence-electron chi connectivity index (χ2n) is 4.36. The van der Waals surface area contributed by atoms with Crippen LogP contribution in [-0.4, -0.2) is 29.1 Å². The molecule has 1 aromatic carbocycles. The van der Waals surface area contributed by atoms with E-state index in [-0.39, 0.29) is 13.0 Å². The Bertz CT molecular complexity index is 433. The molecule has 0 bridgehead atoms. The molecular weight excluding hydrogens is 245 g/mol. The van der Waals surface area contributed by atoms with Crippen LogP contribution in [0.25, 0.3) is 0 Å². The van der Waals surface area contributed by atoms with Gasteiger partial charge in [-0.05, 0) is 5.56 Å². The van der Waals surface area contributed by atoms with Crippen molar-refractivity contribution in [2.24, 2.45) is 5.73 Å². The average molecular weight is 258 g/mol. The number of alkyl halides is 3. The summed E-state index contributed by atoms with van der Waals surface area (Å²) in [5, 5.41) is 0. The Morgan fingerprint density at radius 2 is 1.89 bits per heavy atom. The summed E-state index contributed by atoms with van der Waals surface area (Å²) < 4.78 is 38.6. The molecule has 18 heavy (non-hydrogen) atoms. The highest BCUT2D eigenvalue weighted by Crippen LogP contribution is 2.33. The third-order valence-corrected chi connectivity index (χ3v) is 3.00. The molecule has 1 aliphatic heterocycles. The molecule has 98 valence electrons. The van der Waals surface area contributed by atoms with Crippen LogP contribution in [0.2, 0.25) is 0 Å². The molecule has 2 N–H and O–H groups in total. The number of carbonyl (C=O) groups excluding carboxylic acids is 1. The Balaban J connectivity index is 2.22. The SMILES string of the molecule is NC1CC(=O)N(Cc2ccccc2)C1C(F)(F)F. The zero-order valence-corrected chi connectivity index (χ0v) is 9.52. The fourth-order valence-electron chi connectivity index (χ4n) is 2.20. The minimum absolute atomic E-state index is 0.0580. The fraction of sp³-hybridized carbons (Fsp3) is 0.417. The van der Waals surface area contributed by atoms with Crippen LogP contribution in [0, 0.1) is 0 Å². The molecule has 0 aromatic heterocycles. The molecule has 2 rings (SSSR count). The third-order valence-electron chi connectivity index (χ3n) is 3.00. The number of carbonyl (C=O) groups is 1. The largest absolute Gasteiger partial charge is 0.410 e. The number of rotatable bonds is 2. The molecule has 0 spiro atoms. The molecule has 3 nitrogen and oxygen atoms in total. The van der Waals surface area contributed by atoms with Gasteiger partial charge in [0.1, 0.15) is 6.04 Å². The monoisotopic (exact) mass is 258 g/mol. The molecule has 1 amide bonds. The Morgan fingerprint density at radius 1 is 1.28 bits per heavy atom. The first kappa shape index (κ1) is 12.9. The minimum atomic E-state index is -4.49. The van der Waals surface area contributed by atoms with Gasteiger partial charge < -0.3 is 10.6 Å². The van der Waals surface area contributed by atoms with Crippen molar-refractivity contribution < 1.29 is 18.0 Å². The first-order valence-electron chi connectivity index (χ1n) is 5.55. The van der Waals surface area contributed by atoms with Gasteiger partial charge in [0.25, 0.3) is 0 Å². The van der Waals surface area contributed by atoms with Crippen molar-refractivity contribution in [2.45, 2.75) is 31.2 Å². The number of nitrogens with two attached hydrogens (primary N) is 1. The van der Waals surface area contributed by atoms with Crippen molar-refractivity contribution in [1.82, 2.24) is 4.90 Å². The first-order valence-corrected chi connectivity index (χ1v) is 5.55. The Labute approximate surface area is 102 Å². The summed E-state index contributed by atoms with van der Waals surface area (Å²) in [6, 6.07) is 5.51. The van der Waals surface area contributed by atoms with E-state index in [0.717, 1.165) is 4.90 Å². The quantitative estimate of drug-likeness (QED) is 0.877. The maximum Gasteiger partial charge on any atom is 0.410 e. The maximum atomic E-state index is 12.9. The van der Waals surface area contributed by atoms with Crippen molar-refractivity contribution in [2.75, 3.05) is 0 Å². The van der Waals surface area contributed by atoms with Crippen LogP contribution in [0.15, 0.2) is 30.3 Å². The number of likely N-dealkylation sites (tertiary alicyclic amines) is 1. The van der Waals surface area contributed by atoms with Gasteiger partial charge in [0.15, 0.2) is 0 Å². The van der Waals surface area contributed by atoms with Gasteiger partial charge in [0, 0.05) is 19.0 Å². The zero-order chi connectivity index (χ0) is 13.3. The molecule has 6 heteroatoms. The number of nitrogens with zero attached hydrogens (tertiary/aromatic N) is 1. The zero-order valence-electron chi connectivity index (χ0n) is 9.52. The van der Waals surface area contributed by atoms with Gasteiger partial charge in [0.2, 0.25) is 5.91 Å². The van der Waals surface area contributed by atoms with Gasteiger partial charge in [-0.3, -0.25) is 4.79 Å². The molecule has 1 heterocycles. The van der Waals surface area contributed by atoms with Gasteiger partial charge in [0.05, 0.1) is 0 Å². The molecule has 2 unspecified atom stereocenters. The van der Waals surface area contributed by atoms with Crippen LogP contribution in [0.5, 0.6) is 0 Å². The Morgan fingerprint density at radius 3 is 2.44 bits per heavy atom. The highest BCUT2D eigenvalue weighted by atomic mass is 19.4. The first-order chi connectivity index (χ1) is 8.39. The van der Waals surface area contributed by atoms with E-state index in [4.69, 9.17) is 5.73 Å². The lowest BCUT2D eigenvalue weighted by Gasteiger charge is -2.28. The van der Waals surface area contributed by atoms with Crippen LogP contribution in [0.3, 0.4) is 0 Å². The van der Waals surface area contributed by atoms with Crippen LogP contribution in [-0.2, 0) is 11.3 Å². The van der Waals surface area contributed by atoms with E-state index >= 15 is 0 Å². The Kier molecular flexibility index (Phi) is 3.30. The number of benzene rings is 1. The van der Waals surface area contributed by atoms with E-state index in [1.807, 2.05) is 0 Å². The van der Waals surface area contributed by atoms with Crippen LogP contribution >= 0.6 is 0 Å². The summed E-state index contributed by atoms with van der Waals surface area (Å²) in [7, 11) is 0. The standard InChI is InChI=1S/C12H13F3N2O/c13-12(14,15)11-9(16)6-10(18)17(11)7-8-4-2-1-3-5-8/h1-5,9,11H,6-7,16H2. The minimum Gasteiger partial charge on any atom is -0.325 e.